The van der Waals surface area contributed by atoms with E-state index in [1.54, 1.807) is 0 Å². The molecule has 3 heterocycles. The maximum Gasteiger partial charge on any atom is 0.264 e. The van der Waals surface area contributed by atoms with Gasteiger partial charge < -0.3 is 10.0 Å². The van der Waals surface area contributed by atoms with Gasteiger partial charge in [0, 0.05) is 25.5 Å². The quantitative estimate of drug-likeness (QED) is 0.768. The molecule has 0 aliphatic carbocycles. The third kappa shape index (κ3) is 3.04. The van der Waals surface area contributed by atoms with Crippen molar-refractivity contribution in [2.75, 3.05) is 13.1 Å². The van der Waals surface area contributed by atoms with Gasteiger partial charge in [-0.25, -0.2) is 0 Å². The molecule has 3 aromatic rings. The Bertz CT molecular complexity index is 889. The van der Waals surface area contributed by atoms with Gasteiger partial charge in [-0.2, -0.15) is 5.10 Å². The monoisotopic (exact) mass is 369 g/mol. The molecule has 1 N–H and O–H groups in total. The largest absolute Gasteiger partial charge is 0.388 e. The molecule has 1 unspecified atom stereocenters. The SMILES string of the molecule is Cc1nn(C)c2sc(C(=O)N3CCC(C(O)c4ccccc4)CC3)cc12. The first kappa shape index (κ1) is 17.2. The fourth-order valence-corrected chi connectivity index (χ4v) is 4.90. The van der Waals surface area contributed by atoms with E-state index in [1.165, 1.54) is 11.3 Å². The molecule has 1 fully saturated rings. The Balaban J connectivity index is 1.43. The van der Waals surface area contributed by atoms with Crippen LogP contribution in [0.3, 0.4) is 0 Å². The predicted octanol–water partition coefficient (Wildman–Crippen LogP) is 3.53. The number of aliphatic hydroxyl groups is 1. The van der Waals surface area contributed by atoms with Crippen molar-refractivity contribution in [2.24, 2.45) is 13.0 Å². The van der Waals surface area contributed by atoms with Crippen LogP contribution in [0.5, 0.6) is 0 Å². The molecular formula is C20H23N3O2S. The maximum atomic E-state index is 12.9. The molecule has 0 bridgehead atoms. The maximum absolute atomic E-state index is 12.9. The molecule has 6 heteroatoms. The summed E-state index contributed by atoms with van der Waals surface area (Å²) in [5, 5.41) is 16.1. The Morgan fingerprint density at radius 3 is 2.62 bits per heavy atom. The number of hydrogen-bond acceptors (Lipinski definition) is 4. The molecule has 1 amide bonds. The zero-order valence-corrected chi connectivity index (χ0v) is 15.9. The number of aromatic nitrogens is 2. The summed E-state index contributed by atoms with van der Waals surface area (Å²) in [5.41, 5.74) is 1.92. The first-order valence-electron chi connectivity index (χ1n) is 9.00. The van der Waals surface area contributed by atoms with Crippen LogP contribution in [0.1, 0.15) is 39.9 Å². The van der Waals surface area contributed by atoms with Gasteiger partial charge in [-0.05, 0) is 37.3 Å². The van der Waals surface area contributed by atoms with Crippen LogP contribution in [0.15, 0.2) is 36.4 Å². The first-order valence-corrected chi connectivity index (χ1v) is 9.81. The second kappa shape index (κ2) is 6.85. The summed E-state index contributed by atoms with van der Waals surface area (Å²) < 4.78 is 1.84. The van der Waals surface area contributed by atoms with Gasteiger partial charge in [0.25, 0.3) is 5.91 Å². The van der Waals surface area contributed by atoms with E-state index < -0.39 is 6.10 Å². The lowest BCUT2D eigenvalue weighted by Gasteiger charge is -2.34. The first-order chi connectivity index (χ1) is 12.5. The summed E-state index contributed by atoms with van der Waals surface area (Å²) in [5.74, 6) is 0.300. The van der Waals surface area contributed by atoms with Crippen LogP contribution in [-0.4, -0.2) is 38.8 Å². The zero-order chi connectivity index (χ0) is 18.3. The van der Waals surface area contributed by atoms with Crippen LogP contribution in [0.25, 0.3) is 10.2 Å². The summed E-state index contributed by atoms with van der Waals surface area (Å²) in [4.78, 5) is 16.6. The van der Waals surface area contributed by atoms with E-state index in [2.05, 4.69) is 5.10 Å². The number of fused-ring (bicyclic) bond motifs is 1. The van der Waals surface area contributed by atoms with Gasteiger partial charge in [-0.1, -0.05) is 30.3 Å². The van der Waals surface area contributed by atoms with Gasteiger partial charge in [0.05, 0.1) is 16.7 Å². The van der Waals surface area contributed by atoms with Crippen molar-refractivity contribution >= 4 is 27.5 Å². The summed E-state index contributed by atoms with van der Waals surface area (Å²) in [7, 11) is 1.91. The minimum atomic E-state index is -0.452. The molecule has 1 saturated heterocycles. The third-order valence-corrected chi connectivity index (χ3v) is 6.51. The van der Waals surface area contributed by atoms with E-state index in [0.29, 0.717) is 13.1 Å². The molecule has 1 atom stereocenters. The van der Waals surface area contributed by atoms with Crippen molar-refractivity contribution in [3.8, 4) is 0 Å². The van der Waals surface area contributed by atoms with Crippen molar-refractivity contribution < 1.29 is 9.90 Å². The predicted molar refractivity (Wildman–Crippen MR) is 103 cm³/mol. The molecule has 0 radical (unpaired) electrons. The number of thiophene rings is 1. The highest BCUT2D eigenvalue weighted by Crippen LogP contribution is 2.33. The number of piperidine rings is 1. The van der Waals surface area contributed by atoms with Crippen LogP contribution in [-0.2, 0) is 7.05 Å². The van der Waals surface area contributed by atoms with Gasteiger partial charge in [0.15, 0.2) is 0 Å². The third-order valence-electron chi connectivity index (χ3n) is 5.32. The fourth-order valence-electron chi connectivity index (χ4n) is 3.81. The molecule has 1 aliphatic rings. The molecule has 136 valence electrons. The highest BCUT2D eigenvalue weighted by molar-refractivity contribution is 7.20. The lowest BCUT2D eigenvalue weighted by atomic mass is 9.87. The molecule has 4 rings (SSSR count). The Hall–Kier alpha value is -2.18. The number of aryl methyl sites for hydroxylation is 2. The van der Waals surface area contributed by atoms with Gasteiger partial charge in [0.1, 0.15) is 4.83 Å². The zero-order valence-electron chi connectivity index (χ0n) is 15.1. The Kier molecular flexibility index (Phi) is 4.54. The normalized spacial score (nSPS) is 17.0. The van der Waals surface area contributed by atoms with E-state index in [-0.39, 0.29) is 11.8 Å². The molecule has 0 spiro atoms. The van der Waals surface area contributed by atoms with Gasteiger partial charge in [0.2, 0.25) is 0 Å². The van der Waals surface area contributed by atoms with Crippen LogP contribution in [0, 0.1) is 12.8 Å². The fraction of sp³-hybridized carbons (Fsp3) is 0.400. The summed E-state index contributed by atoms with van der Waals surface area (Å²) in [6.07, 6.45) is 1.20. The van der Waals surface area contributed by atoms with Gasteiger partial charge >= 0.3 is 0 Å². The lowest BCUT2D eigenvalue weighted by Crippen LogP contribution is -2.39. The van der Waals surface area contributed by atoms with Crippen molar-refractivity contribution in [1.82, 2.24) is 14.7 Å². The van der Waals surface area contributed by atoms with Crippen LogP contribution in [0.4, 0.5) is 0 Å². The second-order valence-corrected chi connectivity index (χ2v) is 8.05. The average molecular weight is 369 g/mol. The van der Waals surface area contributed by atoms with E-state index in [1.807, 2.05) is 60.0 Å². The smallest absolute Gasteiger partial charge is 0.264 e. The van der Waals surface area contributed by atoms with E-state index in [4.69, 9.17) is 0 Å². The van der Waals surface area contributed by atoms with Crippen molar-refractivity contribution in [3.63, 3.8) is 0 Å². The lowest BCUT2D eigenvalue weighted by molar-refractivity contribution is 0.0465. The number of aliphatic hydroxyl groups excluding tert-OH is 1. The van der Waals surface area contributed by atoms with Gasteiger partial charge in [-0.3, -0.25) is 9.48 Å². The van der Waals surface area contributed by atoms with E-state index in [9.17, 15) is 9.90 Å². The van der Waals surface area contributed by atoms with Crippen molar-refractivity contribution in [1.29, 1.82) is 0 Å². The second-order valence-electron chi connectivity index (χ2n) is 7.02. The van der Waals surface area contributed by atoms with Gasteiger partial charge in [-0.15, -0.1) is 11.3 Å². The molecule has 1 aliphatic heterocycles. The van der Waals surface area contributed by atoms with E-state index >= 15 is 0 Å². The number of carbonyl (C=O) groups excluding carboxylic acids is 1. The Morgan fingerprint density at radius 1 is 1.27 bits per heavy atom. The summed E-state index contributed by atoms with van der Waals surface area (Å²) in [6, 6.07) is 11.8. The topological polar surface area (TPSA) is 58.4 Å². The molecule has 26 heavy (non-hydrogen) atoms. The number of amides is 1. The number of benzene rings is 1. The standard InChI is InChI=1S/C20H23N3O2S/c1-13-16-12-17(26-20(16)22(2)21-13)19(25)23-10-8-15(9-11-23)18(24)14-6-4-3-5-7-14/h3-7,12,15,18,24H,8-11H2,1-2H3. The van der Waals surface area contributed by atoms with E-state index in [0.717, 1.165) is 39.2 Å². The number of rotatable bonds is 3. The Labute approximate surface area is 156 Å². The molecule has 5 nitrogen and oxygen atoms in total. The Morgan fingerprint density at radius 2 is 1.96 bits per heavy atom. The van der Waals surface area contributed by atoms with Crippen molar-refractivity contribution in [2.45, 2.75) is 25.9 Å². The summed E-state index contributed by atoms with van der Waals surface area (Å²) in [6.45, 7) is 3.36. The number of hydrogen-bond donors (Lipinski definition) is 1. The minimum absolute atomic E-state index is 0.0956. The number of nitrogens with zero attached hydrogens (tertiary/aromatic N) is 3. The summed E-state index contributed by atoms with van der Waals surface area (Å²) >= 11 is 1.51. The highest BCUT2D eigenvalue weighted by Gasteiger charge is 2.29. The van der Waals surface area contributed by atoms with Crippen LogP contribution < -0.4 is 0 Å². The molecule has 0 saturated carbocycles. The highest BCUT2D eigenvalue weighted by atomic mass is 32.1. The van der Waals surface area contributed by atoms with Crippen molar-refractivity contribution in [3.05, 3.63) is 52.5 Å². The molecule has 2 aromatic heterocycles. The minimum Gasteiger partial charge on any atom is -0.388 e. The van der Waals surface area contributed by atoms with Crippen LogP contribution >= 0.6 is 11.3 Å². The number of carbonyl (C=O) groups is 1. The molecular weight excluding hydrogens is 346 g/mol. The average Bonchev–Trinajstić information content (AvgIpc) is 3.23. The molecule has 1 aromatic carbocycles. The number of likely N-dealkylation sites (tertiary alicyclic amines) is 1. The van der Waals surface area contributed by atoms with Crippen LogP contribution in [0.2, 0.25) is 0 Å².